The van der Waals surface area contributed by atoms with Gasteiger partial charge in [-0.25, -0.2) is 17.2 Å². The van der Waals surface area contributed by atoms with Gasteiger partial charge in [0.25, 0.3) is 0 Å². The van der Waals surface area contributed by atoms with Gasteiger partial charge in [0.15, 0.2) is 15.2 Å². The molecule has 2 aromatic rings. The molecule has 1 fully saturated rings. The first-order valence-electron chi connectivity index (χ1n) is 6.43. The predicted octanol–water partition coefficient (Wildman–Crippen LogP) is 2.43. The molecule has 0 spiro atoms. The van der Waals surface area contributed by atoms with Crippen molar-refractivity contribution in [1.29, 1.82) is 0 Å². The van der Waals surface area contributed by atoms with Crippen molar-refractivity contribution < 1.29 is 22.0 Å². The van der Waals surface area contributed by atoms with Crippen LogP contribution in [0, 0.1) is 11.6 Å². The van der Waals surface area contributed by atoms with Crippen molar-refractivity contribution in [1.82, 2.24) is 0 Å². The van der Waals surface area contributed by atoms with E-state index in [0.717, 1.165) is 29.2 Å². The summed E-state index contributed by atoms with van der Waals surface area (Å²) in [5.41, 5.74) is 0.568. The Morgan fingerprint density at radius 2 is 1.41 bits per heavy atom. The summed E-state index contributed by atoms with van der Waals surface area (Å²) < 4.78 is 50.6. The second-order valence-electron chi connectivity index (χ2n) is 4.95. The van der Waals surface area contributed by atoms with Crippen LogP contribution < -0.4 is 4.90 Å². The van der Waals surface area contributed by atoms with E-state index < -0.39 is 38.5 Å². The van der Waals surface area contributed by atoms with E-state index in [4.69, 9.17) is 0 Å². The maximum atomic E-state index is 13.0. The zero-order valence-corrected chi connectivity index (χ0v) is 12.1. The van der Waals surface area contributed by atoms with Gasteiger partial charge in [0.1, 0.15) is 17.4 Å². The molecule has 1 aliphatic rings. The van der Waals surface area contributed by atoms with Gasteiger partial charge in [-0.2, -0.15) is 0 Å². The zero-order valence-electron chi connectivity index (χ0n) is 11.2. The maximum absolute atomic E-state index is 13.0. The van der Waals surface area contributed by atoms with Gasteiger partial charge in [0, 0.05) is 5.69 Å². The minimum Gasteiger partial charge on any atom is -0.290 e. The molecule has 0 radical (unpaired) electrons. The first kappa shape index (κ1) is 14.6. The second-order valence-corrected chi connectivity index (χ2v) is 7.01. The summed E-state index contributed by atoms with van der Waals surface area (Å²) >= 11 is 0. The molecule has 0 aromatic heterocycles. The summed E-state index contributed by atoms with van der Waals surface area (Å²) in [6, 6.07) is 9.89. The van der Waals surface area contributed by atoms with E-state index in [-0.39, 0.29) is 11.3 Å². The Bertz CT molecular complexity index is 817. The number of benzene rings is 2. The third-order valence-corrected chi connectivity index (χ3v) is 5.24. The summed E-state index contributed by atoms with van der Waals surface area (Å²) in [6.45, 7) is 0. The lowest BCUT2D eigenvalue weighted by atomic mass is 10.2. The van der Waals surface area contributed by atoms with Crippen LogP contribution in [0.3, 0.4) is 0 Å². The van der Waals surface area contributed by atoms with Crippen molar-refractivity contribution in [3.8, 4) is 0 Å². The lowest BCUT2D eigenvalue weighted by molar-refractivity contribution is -0.115. The fourth-order valence-electron chi connectivity index (χ4n) is 2.48. The highest BCUT2D eigenvalue weighted by atomic mass is 32.2. The van der Waals surface area contributed by atoms with Crippen molar-refractivity contribution >= 4 is 21.4 Å². The minimum atomic E-state index is -3.75. The number of carbonyl (C=O) groups excluding carboxylic acids is 1. The summed E-state index contributed by atoms with van der Waals surface area (Å²) in [5, 5.41) is -1.23. The molecular formula is C15H11F2NO3S. The van der Waals surface area contributed by atoms with Crippen molar-refractivity contribution in [2.24, 2.45) is 0 Å². The Morgan fingerprint density at radius 1 is 0.909 bits per heavy atom. The molecule has 3 rings (SSSR count). The number of hydrogen-bond acceptors (Lipinski definition) is 3. The lowest BCUT2D eigenvalue weighted by Gasteiger charge is -2.23. The first-order chi connectivity index (χ1) is 10.4. The molecule has 1 aliphatic heterocycles. The quantitative estimate of drug-likeness (QED) is 0.853. The minimum absolute atomic E-state index is 0.279. The fraction of sp³-hybridized carbons (Fsp3) is 0.133. The van der Waals surface area contributed by atoms with Crippen LogP contribution in [0.15, 0.2) is 48.5 Å². The molecule has 22 heavy (non-hydrogen) atoms. The molecule has 0 bridgehead atoms. The SMILES string of the molecule is O=C1CS(=O)(=O)C(c2ccc(F)cc2)N1c1ccc(F)cc1. The van der Waals surface area contributed by atoms with E-state index in [1.165, 1.54) is 24.3 Å². The standard InChI is InChI=1S/C15H11F2NO3S/c16-11-3-1-10(2-4-11)15-18(14(19)9-22(15,20)21)13-7-5-12(17)6-8-13/h1-8,15H,9H2. The molecule has 0 N–H and O–H groups in total. The molecule has 114 valence electrons. The van der Waals surface area contributed by atoms with Gasteiger partial charge in [0.2, 0.25) is 5.91 Å². The van der Waals surface area contributed by atoms with Crippen LogP contribution in [0.1, 0.15) is 10.9 Å². The largest absolute Gasteiger partial charge is 0.290 e. The Morgan fingerprint density at radius 3 is 1.95 bits per heavy atom. The van der Waals surface area contributed by atoms with Crippen molar-refractivity contribution in [3.63, 3.8) is 0 Å². The lowest BCUT2D eigenvalue weighted by Crippen LogP contribution is -2.29. The van der Waals surface area contributed by atoms with Crippen LogP contribution >= 0.6 is 0 Å². The average molecular weight is 323 g/mol. The summed E-state index contributed by atoms with van der Waals surface area (Å²) in [4.78, 5) is 13.2. The Balaban J connectivity index is 2.12. The normalized spacial score (nSPS) is 20.4. The van der Waals surface area contributed by atoms with Crippen LogP contribution in [0.2, 0.25) is 0 Å². The number of hydrogen-bond donors (Lipinski definition) is 0. The van der Waals surface area contributed by atoms with Crippen LogP contribution in [0.25, 0.3) is 0 Å². The highest BCUT2D eigenvalue weighted by Crippen LogP contribution is 2.37. The number of carbonyl (C=O) groups is 1. The van der Waals surface area contributed by atoms with Gasteiger partial charge in [-0.1, -0.05) is 12.1 Å². The predicted molar refractivity (Wildman–Crippen MR) is 76.8 cm³/mol. The van der Waals surface area contributed by atoms with Crippen LogP contribution in [0.4, 0.5) is 14.5 Å². The molecule has 1 atom stereocenters. The van der Waals surface area contributed by atoms with Crippen molar-refractivity contribution in [2.75, 3.05) is 10.7 Å². The van der Waals surface area contributed by atoms with E-state index in [9.17, 15) is 22.0 Å². The van der Waals surface area contributed by atoms with Crippen molar-refractivity contribution in [2.45, 2.75) is 5.37 Å². The molecule has 0 saturated carbocycles. The molecule has 1 amide bonds. The van der Waals surface area contributed by atoms with Gasteiger partial charge < -0.3 is 0 Å². The van der Waals surface area contributed by atoms with Crippen LogP contribution in [-0.2, 0) is 14.6 Å². The second kappa shape index (κ2) is 5.17. The van der Waals surface area contributed by atoms with Crippen LogP contribution in [-0.4, -0.2) is 20.1 Å². The molecule has 1 heterocycles. The maximum Gasteiger partial charge on any atom is 0.243 e. The van der Waals surface area contributed by atoms with Gasteiger partial charge in [-0.3, -0.25) is 9.69 Å². The Kier molecular flexibility index (Phi) is 3.44. The third kappa shape index (κ3) is 2.48. The third-order valence-electron chi connectivity index (χ3n) is 3.43. The number of rotatable bonds is 2. The topological polar surface area (TPSA) is 54.5 Å². The molecule has 0 aliphatic carbocycles. The smallest absolute Gasteiger partial charge is 0.243 e. The van der Waals surface area contributed by atoms with Gasteiger partial charge in [-0.15, -0.1) is 0 Å². The average Bonchev–Trinajstić information content (AvgIpc) is 2.70. The van der Waals surface area contributed by atoms with E-state index in [1.807, 2.05) is 0 Å². The van der Waals surface area contributed by atoms with E-state index in [2.05, 4.69) is 0 Å². The van der Waals surface area contributed by atoms with Gasteiger partial charge in [-0.05, 0) is 42.0 Å². The Hall–Kier alpha value is -2.28. The molecule has 4 nitrogen and oxygen atoms in total. The van der Waals surface area contributed by atoms with E-state index >= 15 is 0 Å². The molecule has 1 saturated heterocycles. The van der Waals surface area contributed by atoms with E-state index in [0.29, 0.717) is 0 Å². The molecule has 2 aromatic carbocycles. The fourth-order valence-corrected chi connectivity index (χ4v) is 4.25. The van der Waals surface area contributed by atoms with Crippen LogP contribution in [0.5, 0.6) is 0 Å². The molecular weight excluding hydrogens is 312 g/mol. The number of amides is 1. The van der Waals surface area contributed by atoms with Gasteiger partial charge >= 0.3 is 0 Å². The molecule has 1 unspecified atom stereocenters. The first-order valence-corrected chi connectivity index (χ1v) is 8.15. The number of halogens is 2. The van der Waals surface area contributed by atoms with Crippen molar-refractivity contribution in [3.05, 3.63) is 65.7 Å². The number of sulfone groups is 1. The monoisotopic (exact) mass is 323 g/mol. The highest BCUT2D eigenvalue weighted by molar-refractivity contribution is 7.93. The number of nitrogens with zero attached hydrogens (tertiary/aromatic N) is 1. The number of anilines is 1. The Labute approximate surface area is 125 Å². The summed E-state index contributed by atoms with van der Waals surface area (Å²) in [6.07, 6.45) is 0. The summed E-state index contributed by atoms with van der Waals surface area (Å²) in [5.74, 6) is -2.22. The van der Waals surface area contributed by atoms with E-state index in [1.54, 1.807) is 0 Å². The zero-order chi connectivity index (χ0) is 15.9. The van der Waals surface area contributed by atoms with Gasteiger partial charge in [0.05, 0.1) is 0 Å². The highest BCUT2D eigenvalue weighted by Gasteiger charge is 2.45. The molecule has 7 heteroatoms. The summed E-state index contributed by atoms with van der Waals surface area (Å²) in [7, 11) is -3.75.